The fraction of sp³-hybridized carbons (Fsp3) is 0.500. The summed E-state index contributed by atoms with van der Waals surface area (Å²) in [6.07, 6.45) is -0.564. The van der Waals surface area contributed by atoms with Gasteiger partial charge >= 0.3 is 6.09 Å². The van der Waals surface area contributed by atoms with Crippen LogP contribution in [0.4, 0.5) is 4.79 Å². The second kappa shape index (κ2) is 12.5. The van der Waals surface area contributed by atoms with Crippen molar-refractivity contribution in [3.63, 3.8) is 0 Å². The van der Waals surface area contributed by atoms with Gasteiger partial charge in [0.05, 0.1) is 13.7 Å². The third-order valence-electron chi connectivity index (χ3n) is 6.03. The molecule has 0 saturated carbocycles. The van der Waals surface area contributed by atoms with Crippen LogP contribution in [-0.4, -0.2) is 82.7 Å². The van der Waals surface area contributed by atoms with Crippen LogP contribution in [0.3, 0.4) is 0 Å². The van der Waals surface area contributed by atoms with E-state index in [1.165, 1.54) is 14.1 Å². The average Bonchev–Trinajstić information content (AvgIpc) is 3.21. The third-order valence-corrected chi connectivity index (χ3v) is 6.03. The Labute approximate surface area is 233 Å². The Morgan fingerprint density at radius 1 is 1.13 bits per heavy atom. The number of carbonyl (C=O) groups is 2. The molecule has 0 aliphatic rings. The molecule has 0 fully saturated rings. The summed E-state index contributed by atoms with van der Waals surface area (Å²) in [7, 11) is 6.27. The van der Waals surface area contributed by atoms with E-state index in [0.29, 0.717) is 33.9 Å². The number of rotatable bonds is 8. The fourth-order valence-corrected chi connectivity index (χ4v) is 3.83. The van der Waals surface area contributed by atoms with Crippen molar-refractivity contribution in [1.29, 1.82) is 0 Å². The van der Waals surface area contributed by atoms with Gasteiger partial charge in [-0.2, -0.15) is 4.52 Å². The highest BCUT2D eigenvalue weighted by atomic mass is 35.5. The normalized spacial score (nSPS) is 11.8. The number of ether oxygens (including phenoxy) is 3. The van der Waals surface area contributed by atoms with E-state index in [4.69, 9.17) is 14.2 Å². The molecule has 2 heterocycles. The molecule has 39 heavy (non-hydrogen) atoms. The number of halogens is 1. The molecular formula is C26H37ClN6O6. The molecule has 0 bridgehead atoms. The fourth-order valence-electron chi connectivity index (χ4n) is 3.83. The third kappa shape index (κ3) is 6.51. The number of carbonyl (C=O) groups excluding carboxylic acids is 2. The minimum absolute atomic E-state index is 0. The Bertz CT molecular complexity index is 1440. The molecule has 0 atom stereocenters. The predicted molar refractivity (Wildman–Crippen MR) is 148 cm³/mol. The number of benzene rings is 1. The molecule has 3 rings (SSSR count). The van der Waals surface area contributed by atoms with Crippen molar-refractivity contribution in [2.24, 2.45) is 4.99 Å². The van der Waals surface area contributed by atoms with E-state index < -0.39 is 6.09 Å². The number of Topliss-reactive ketones (excluding diaryl/α,β-unsaturated/α-hetero) is 1. The quantitative estimate of drug-likeness (QED) is 0.413. The number of ketones is 1. The number of hydrogen-bond acceptors (Lipinski definition) is 9. The molecule has 1 N–H and O–H groups in total. The van der Waals surface area contributed by atoms with Gasteiger partial charge in [0.15, 0.2) is 22.9 Å². The minimum atomic E-state index is -0.564. The molecule has 0 aliphatic heterocycles. The van der Waals surface area contributed by atoms with Gasteiger partial charge < -0.3 is 24.2 Å². The number of fused-ring (bicyclic) bond motifs is 1. The van der Waals surface area contributed by atoms with Crippen LogP contribution in [0.5, 0.6) is 17.4 Å². The molecule has 0 radical (unpaired) electrons. The second-order valence-corrected chi connectivity index (χ2v) is 10.0. The van der Waals surface area contributed by atoms with Crippen molar-refractivity contribution < 1.29 is 28.9 Å². The maximum absolute atomic E-state index is 13.6. The zero-order valence-corrected chi connectivity index (χ0v) is 24.7. The lowest BCUT2D eigenvalue weighted by molar-refractivity contribution is 0.0965. The van der Waals surface area contributed by atoms with Crippen LogP contribution >= 0.6 is 12.4 Å². The molecule has 13 heteroatoms. The number of aryl methyl sites for hydroxylation is 1. The summed E-state index contributed by atoms with van der Waals surface area (Å²) in [5, 5.41) is 18.3. The van der Waals surface area contributed by atoms with Crippen molar-refractivity contribution in [2.75, 3.05) is 41.5 Å². The minimum Gasteiger partial charge on any atom is -0.493 e. The van der Waals surface area contributed by atoms with E-state index >= 15 is 0 Å². The first-order chi connectivity index (χ1) is 17.8. The number of amides is 1. The number of aliphatic hydroxyl groups is 1. The Hall–Kier alpha value is -3.64. The Balaban J connectivity index is 0.00000533. The lowest BCUT2D eigenvalue weighted by Gasteiger charge is -2.25. The van der Waals surface area contributed by atoms with Crippen molar-refractivity contribution >= 4 is 29.9 Å². The molecule has 3 aromatic rings. The second-order valence-electron chi connectivity index (χ2n) is 10.0. The monoisotopic (exact) mass is 564 g/mol. The van der Waals surface area contributed by atoms with Crippen LogP contribution in [0.15, 0.2) is 17.1 Å². The highest BCUT2D eigenvalue weighted by Crippen LogP contribution is 2.40. The average molecular weight is 565 g/mol. The van der Waals surface area contributed by atoms with Crippen LogP contribution in [0.25, 0.3) is 5.65 Å². The van der Waals surface area contributed by atoms with Crippen LogP contribution in [0.2, 0.25) is 0 Å². The van der Waals surface area contributed by atoms with Crippen molar-refractivity contribution in [2.45, 2.75) is 46.6 Å². The van der Waals surface area contributed by atoms with E-state index in [9.17, 15) is 14.7 Å². The first kappa shape index (κ1) is 31.6. The molecule has 0 spiro atoms. The van der Waals surface area contributed by atoms with Gasteiger partial charge in [-0.05, 0) is 31.4 Å². The van der Waals surface area contributed by atoms with Gasteiger partial charge in [0.2, 0.25) is 11.5 Å². The maximum Gasteiger partial charge on any atom is 0.416 e. The summed E-state index contributed by atoms with van der Waals surface area (Å²) >= 11 is 0. The topological polar surface area (TPSA) is 133 Å². The summed E-state index contributed by atoms with van der Waals surface area (Å²) in [5.74, 6) is 0.782. The summed E-state index contributed by atoms with van der Waals surface area (Å²) in [6.45, 7) is 9.41. The molecule has 1 aromatic carbocycles. The molecule has 2 aromatic heterocycles. The molecule has 0 aliphatic carbocycles. The van der Waals surface area contributed by atoms with Gasteiger partial charge in [-0.15, -0.1) is 22.6 Å². The Morgan fingerprint density at radius 2 is 1.79 bits per heavy atom. The largest absolute Gasteiger partial charge is 0.493 e. The van der Waals surface area contributed by atoms with Gasteiger partial charge in [-0.1, -0.05) is 20.8 Å². The molecular weight excluding hydrogens is 528 g/mol. The van der Waals surface area contributed by atoms with E-state index in [2.05, 4.69) is 15.2 Å². The van der Waals surface area contributed by atoms with Crippen LogP contribution in [0.1, 0.15) is 47.8 Å². The van der Waals surface area contributed by atoms with Gasteiger partial charge in [-0.3, -0.25) is 9.79 Å². The van der Waals surface area contributed by atoms with Gasteiger partial charge in [0.25, 0.3) is 0 Å². The van der Waals surface area contributed by atoms with E-state index in [0.717, 1.165) is 11.1 Å². The molecule has 12 nitrogen and oxygen atoms in total. The number of hydrogen-bond donors (Lipinski definition) is 1. The van der Waals surface area contributed by atoms with Gasteiger partial charge in [-0.25, -0.2) is 9.48 Å². The molecule has 0 saturated heterocycles. The van der Waals surface area contributed by atoms with Crippen molar-refractivity contribution in [3.05, 3.63) is 40.0 Å². The van der Waals surface area contributed by atoms with Gasteiger partial charge in [0.1, 0.15) is 13.2 Å². The van der Waals surface area contributed by atoms with E-state index in [1.807, 2.05) is 27.7 Å². The summed E-state index contributed by atoms with van der Waals surface area (Å²) < 4.78 is 19.7. The molecule has 0 unspecified atom stereocenters. The first-order valence-electron chi connectivity index (χ1n) is 12.1. The van der Waals surface area contributed by atoms with Crippen LogP contribution in [0, 0.1) is 13.8 Å². The zero-order chi connectivity index (χ0) is 28.4. The van der Waals surface area contributed by atoms with Crippen LogP contribution < -0.4 is 19.8 Å². The van der Waals surface area contributed by atoms with Crippen molar-refractivity contribution in [1.82, 2.24) is 24.3 Å². The highest BCUT2D eigenvalue weighted by molar-refractivity contribution is 5.97. The number of aromatic nitrogens is 4. The lowest BCUT2D eigenvalue weighted by atomic mass is 9.84. The smallest absolute Gasteiger partial charge is 0.416 e. The highest BCUT2D eigenvalue weighted by Gasteiger charge is 2.26. The standard InChI is InChI=1S/C26H36N6O6.ClH/c1-15-16(2)23(38-25(35)30(7)8)29-32-22(15)28-31(24(32)27-6)14-19(34)17-12-18(26(3,4)5)21(36-9)20(13-17)37-11-10-33;/h12-13,33H,10-11,14H2,1-9H3;1H. The summed E-state index contributed by atoms with van der Waals surface area (Å²) in [5.41, 5.74) is 3.01. The zero-order valence-electron chi connectivity index (χ0n) is 23.9. The SMILES string of the molecule is CN=c1n(CC(=O)c2cc(OCCO)c(OC)c(C(C)(C)C)c2)nc2c(C)c(C)c(OC(=O)N(C)C)nn12.Cl. The van der Waals surface area contributed by atoms with Crippen molar-refractivity contribution in [3.8, 4) is 17.4 Å². The Morgan fingerprint density at radius 3 is 2.33 bits per heavy atom. The van der Waals surface area contributed by atoms with Gasteiger partial charge in [0, 0.05) is 43.4 Å². The maximum atomic E-state index is 13.6. The number of methoxy groups -OCH3 is 1. The molecule has 1 amide bonds. The summed E-state index contributed by atoms with van der Waals surface area (Å²) in [4.78, 5) is 31.3. The van der Waals surface area contributed by atoms with E-state index in [1.54, 1.807) is 47.3 Å². The van der Waals surface area contributed by atoms with Crippen LogP contribution in [-0.2, 0) is 12.0 Å². The lowest BCUT2D eigenvalue weighted by Crippen LogP contribution is -2.29. The number of aliphatic hydroxyl groups excluding tert-OH is 1. The summed E-state index contributed by atoms with van der Waals surface area (Å²) in [6, 6.07) is 3.40. The Kier molecular flexibility index (Phi) is 10.1. The first-order valence-corrected chi connectivity index (χ1v) is 12.1. The number of nitrogens with zero attached hydrogens (tertiary/aromatic N) is 6. The molecule has 214 valence electrons. The predicted octanol–water partition coefficient (Wildman–Crippen LogP) is 2.72. The van der Waals surface area contributed by atoms with E-state index in [-0.39, 0.29) is 49.2 Å².